The van der Waals surface area contributed by atoms with E-state index in [4.69, 9.17) is 4.52 Å². The molecule has 0 radical (unpaired) electrons. The number of hydrogen-bond donors (Lipinski definition) is 1. The molecule has 0 aliphatic carbocycles. The molecular weight excluding hydrogens is 236 g/mol. The van der Waals surface area contributed by atoms with Crippen LogP contribution in [0, 0.1) is 0 Å². The molecule has 1 heterocycles. The highest BCUT2D eigenvalue weighted by atomic mass is 16.5. The fourth-order valence-corrected chi connectivity index (χ4v) is 2.28. The van der Waals surface area contributed by atoms with Gasteiger partial charge < -0.3 is 9.84 Å². The van der Waals surface area contributed by atoms with Crippen LogP contribution in [0.15, 0.2) is 16.8 Å². The van der Waals surface area contributed by atoms with Gasteiger partial charge in [0.2, 0.25) is 0 Å². The molecular formula is C16H30N2O. The number of hydrogen-bond acceptors (Lipinski definition) is 3. The second kappa shape index (κ2) is 12.2. The summed E-state index contributed by atoms with van der Waals surface area (Å²) in [7, 11) is 0. The molecule has 0 amide bonds. The highest BCUT2D eigenvalue weighted by Gasteiger charge is 1.96. The summed E-state index contributed by atoms with van der Waals surface area (Å²) in [5, 5.41) is 7.06. The van der Waals surface area contributed by atoms with Crippen molar-refractivity contribution in [1.29, 1.82) is 0 Å². The van der Waals surface area contributed by atoms with Crippen molar-refractivity contribution in [2.75, 3.05) is 6.54 Å². The molecule has 0 atom stereocenters. The molecule has 110 valence electrons. The fraction of sp³-hybridized carbons (Fsp3) is 0.812. The minimum atomic E-state index is 0.803. The average Bonchev–Trinajstić information content (AvgIpc) is 2.93. The monoisotopic (exact) mass is 266 g/mol. The second-order valence-corrected chi connectivity index (χ2v) is 5.34. The van der Waals surface area contributed by atoms with Gasteiger partial charge in [-0.25, -0.2) is 0 Å². The smallest absolute Gasteiger partial charge is 0.150 e. The van der Waals surface area contributed by atoms with Gasteiger partial charge in [0.05, 0.1) is 12.7 Å². The van der Waals surface area contributed by atoms with E-state index < -0.39 is 0 Å². The molecule has 1 N–H and O–H groups in total. The fourth-order valence-electron chi connectivity index (χ4n) is 2.28. The summed E-state index contributed by atoms with van der Waals surface area (Å²) in [5.41, 5.74) is 0. The van der Waals surface area contributed by atoms with E-state index >= 15 is 0 Å². The Labute approximate surface area is 118 Å². The number of aromatic nitrogens is 1. The van der Waals surface area contributed by atoms with Crippen LogP contribution in [0.2, 0.25) is 0 Å². The zero-order valence-electron chi connectivity index (χ0n) is 12.5. The maximum Gasteiger partial charge on any atom is 0.150 e. The summed E-state index contributed by atoms with van der Waals surface area (Å²) >= 11 is 0. The van der Waals surface area contributed by atoms with Gasteiger partial charge in [-0.2, -0.15) is 0 Å². The van der Waals surface area contributed by atoms with E-state index in [1.807, 2.05) is 6.07 Å². The maximum atomic E-state index is 5.02. The summed E-state index contributed by atoms with van der Waals surface area (Å²) in [6.45, 7) is 4.16. The first kappa shape index (κ1) is 16.2. The van der Waals surface area contributed by atoms with Crippen LogP contribution in [-0.4, -0.2) is 11.7 Å². The van der Waals surface area contributed by atoms with Gasteiger partial charge >= 0.3 is 0 Å². The van der Waals surface area contributed by atoms with Gasteiger partial charge in [0.25, 0.3) is 0 Å². The van der Waals surface area contributed by atoms with Crippen molar-refractivity contribution in [2.45, 2.75) is 77.7 Å². The molecule has 1 rings (SSSR count). The second-order valence-electron chi connectivity index (χ2n) is 5.34. The van der Waals surface area contributed by atoms with E-state index in [9.17, 15) is 0 Å². The quantitative estimate of drug-likeness (QED) is 0.527. The summed E-state index contributed by atoms with van der Waals surface area (Å²) in [6, 6.07) is 1.91. The van der Waals surface area contributed by atoms with Gasteiger partial charge in [-0.05, 0) is 13.0 Å². The van der Waals surface area contributed by atoms with Gasteiger partial charge in [-0.3, -0.25) is 0 Å². The third-order valence-corrected chi connectivity index (χ3v) is 3.50. The van der Waals surface area contributed by atoms with E-state index in [0.29, 0.717) is 0 Å². The standard InChI is InChI=1S/C16H30N2O/c1-2-3-4-5-6-7-8-9-10-11-13-17-15-16-12-14-18-19-16/h12,14,17H,2-11,13,15H2,1H3. The summed E-state index contributed by atoms with van der Waals surface area (Å²) in [6.07, 6.45) is 15.6. The first-order valence-electron chi connectivity index (χ1n) is 8.03. The lowest BCUT2D eigenvalue weighted by atomic mass is 10.1. The molecule has 0 saturated carbocycles. The molecule has 0 aromatic carbocycles. The summed E-state index contributed by atoms with van der Waals surface area (Å²) < 4.78 is 5.02. The van der Waals surface area contributed by atoms with Crippen LogP contribution in [0.25, 0.3) is 0 Å². The largest absolute Gasteiger partial charge is 0.360 e. The Morgan fingerprint density at radius 2 is 1.58 bits per heavy atom. The van der Waals surface area contributed by atoms with Gasteiger partial charge in [-0.15, -0.1) is 0 Å². The van der Waals surface area contributed by atoms with Gasteiger partial charge in [0.1, 0.15) is 5.76 Å². The molecule has 0 unspecified atom stereocenters. The highest BCUT2D eigenvalue weighted by Crippen LogP contribution is 2.10. The maximum absolute atomic E-state index is 5.02. The van der Waals surface area contributed by atoms with Gasteiger partial charge in [0.15, 0.2) is 0 Å². The van der Waals surface area contributed by atoms with Gasteiger partial charge in [0, 0.05) is 6.07 Å². The number of nitrogens with zero attached hydrogens (tertiary/aromatic N) is 1. The molecule has 0 saturated heterocycles. The first-order valence-corrected chi connectivity index (χ1v) is 8.03. The van der Waals surface area contributed by atoms with Crippen molar-refractivity contribution in [1.82, 2.24) is 10.5 Å². The van der Waals surface area contributed by atoms with E-state index in [-0.39, 0.29) is 0 Å². The van der Waals surface area contributed by atoms with E-state index in [1.54, 1.807) is 6.20 Å². The Hall–Kier alpha value is -0.830. The van der Waals surface area contributed by atoms with E-state index in [1.165, 1.54) is 64.2 Å². The summed E-state index contributed by atoms with van der Waals surface area (Å²) in [4.78, 5) is 0. The van der Waals surface area contributed by atoms with Crippen LogP contribution >= 0.6 is 0 Å². The highest BCUT2D eigenvalue weighted by molar-refractivity contribution is 4.91. The molecule has 1 aromatic heterocycles. The molecule has 0 aliphatic rings. The Morgan fingerprint density at radius 3 is 2.16 bits per heavy atom. The topological polar surface area (TPSA) is 38.1 Å². The van der Waals surface area contributed by atoms with E-state index in [0.717, 1.165) is 18.8 Å². The number of rotatable bonds is 13. The zero-order chi connectivity index (χ0) is 13.6. The average molecular weight is 266 g/mol. The minimum absolute atomic E-state index is 0.803. The predicted molar refractivity (Wildman–Crippen MR) is 80.1 cm³/mol. The van der Waals surface area contributed by atoms with Crippen molar-refractivity contribution in [3.05, 3.63) is 18.0 Å². The minimum Gasteiger partial charge on any atom is -0.360 e. The molecule has 0 aliphatic heterocycles. The first-order chi connectivity index (χ1) is 9.43. The normalized spacial score (nSPS) is 11.0. The SMILES string of the molecule is CCCCCCCCCCCCNCc1ccno1. The zero-order valence-corrected chi connectivity index (χ0v) is 12.5. The Kier molecular flexibility index (Phi) is 10.4. The van der Waals surface area contributed by atoms with Crippen LogP contribution in [0.4, 0.5) is 0 Å². The van der Waals surface area contributed by atoms with Crippen molar-refractivity contribution >= 4 is 0 Å². The number of unbranched alkanes of at least 4 members (excludes halogenated alkanes) is 9. The van der Waals surface area contributed by atoms with Crippen molar-refractivity contribution < 1.29 is 4.52 Å². The molecule has 1 aromatic rings. The Balaban J connectivity index is 1.72. The third-order valence-electron chi connectivity index (χ3n) is 3.50. The number of nitrogens with one attached hydrogen (secondary N) is 1. The van der Waals surface area contributed by atoms with Crippen LogP contribution in [0.5, 0.6) is 0 Å². The molecule has 3 nitrogen and oxygen atoms in total. The lowest BCUT2D eigenvalue weighted by Gasteiger charge is -2.03. The Morgan fingerprint density at radius 1 is 0.947 bits per heavy atom. The molecule has 19 heavy (non-hydrogen) atoms. The summed E-state index contributed by atoms with van der Waals surface area (Å²) in [5.74, 6) is 0.923. The van der Waals surface area contributed by atoms with Crippen LogP contribution in [0.3, 0.4) is 0 Å². The van der Waals surface area contributed by atoms with Crippen LogP contribution in [-0.2, 0) is 6.54 Å². The van der Waals surface area contributed by atoms with Crippen molar-refractivity contribution in [3.8, 4) is 0 Å². The molecule has 0 spiro atoms. The van der Waals surface area contributed by atoms with E-state index in [2.05, 4.69) is 17.4 Å². The lowest BCUT2D eigenvalue weighted by Crippen LogP contribution is -2.14. The molecule has 3 heteroatoms. The Bertz CT molecular complexity index is 272. The van der Waals surface area contributed by atoms with Gasteiger partial charge in [-0.1, -0.05) is 69.9 Å². The molecule has 0 fully saturated rings. The lowest BCUT2D eigenvalue weighted by molar-refractivity contribution is 0.372. The van der Waals surface area contributed by atoms with Crippen molar-refractivity contribution in [2.24, 2.45) is 0 Å². The van der Waals surface area contributed by atoms with Crippen LogP contribution in [0.1, 0.15) is 76.9 Å². The van der Waals surface area contributed by atoms with Crippen molar-refractivity contribution in [3.63, 3.8) is 0 Å². The molecule has 0 bridgehead atoms. The third kappa shape index (κ3) is 9.71. The predicted octanol–water partition coefficient (Wildman–Crippen LogP) is 4.69. The van der Waals surface area contributed by atoms with Crippen LogP contribution < -0.4 is 5.32 Å².